The molecule has 2 rings (SSSR count). The number of hydrogen-bond acceptors (Lipinski definition) is 2. The van der Waals surface area contributed by atoms with Gasteiger partial charge in [-0.15, -0.1) is 0 Å². The number of hydrogen-bond donors (Lipinski definition) is 1. The van der Waals surface area contributed by atoms with Gasteiger partial charge in [0.2, 0.25) is 0 Å². The Labute approximate surface area is 115 Å². The van der Waals surface area contributed by atoms with Gasteiger partial charge in [0.25, 0.3) is 0 Å². The maximum atomic E-state index is 13.9. The summed E-state index contributed by atoms with van der Waals surface area (Å²) in [5, 5.41) is 3.47. The van der Waals surface area contributed by atoms with Crippen molar-refractivity contribution in [3.8, 4) is 5.75 Å². The first-order chi connectivity index (χ1) is 9.13. The lowest BCUT2D eigenvalue weighted by Crippen LogP contribution is -2.27. The predicted molar refractivity (Wildman–Crippen MR) is 75.9 cm³/mol. The summed E-state index contributed by atoms with van der Waals surface area (Å²) in [6.45, 7) is 5.27. The smallest absolute Gasteiger partial charge is 0.131 e. The second kappa shape index (κ2) is 6.38. The highest BCUT2D eigenvalue weighted by Crippen LogP contribution is 2.32. The lowest BCUT2D eigenvalue weighted by atomic mass is 9.97. The molecule has 1 saturated carbocycles. The summed E-state index contributed by atoms with van der Waals surface area (Å²) >= 11 is 0. The van der Waals surface area contributed by atoms with Crippen LogP contribution in [0.15, 0.2) is 18.2 Å². The van der Waals surface area contributed by atoms with Gasteiger partial charge in [-0.2, -0.15) is 0 Å². The minimum Gasteiger partial charge on any atom is -0.496 e. The quantitative estimate of drug-likeness (QED) is 0.871. The normalized spacial score (nSPS) is 24.4. The third-order valence-electron chi connectivity index (χ3n) is 4.39. The van der Waals surface area contributed by atoms with E-state index < -0.39 is 0 Å². The molecule has 1 aromatic rings. The summed E-state index contributed by atoms with van der Waals surface area (Å²) in [5.41, 5.74) is 0.635. The number of methoxy groups -OCH3 is 1. The third-order valence-corrected chi connectivity index (χ3v) is 4.39. The Morgan fingerprint density at radius 2 is 2.21 bits per heavy atom. The van der Waals surface area contributed by atoms with Gasteiger partial charge in [0.15, 0.2) is 0 Å². The molecule has 1 aliphatic rings. The van der Waals surface area contributed by atoms with Gasteiger partial charge in [0.05, 0.1) is 7.11 Å². The molecule has 2 nitrogen and oxygen atoms in total. The second-order valence-corrected chi connectivity index (χ2v) is 5.65. The van der Waals surface area contributed by atoms with Crippen molar-refractivity contribution in [2.24, 2.45) is 11.8 Å². The van der Waals surface area contributed by atoms with Crippen LogP contribution in [0.1, 0.15) is 44.7 Å². The number of rotatable bonds is 5. The lowest BCUT2D eigenvalue weighted by Gasteiger charge is -2.22. The van der Waals surface area contributed by atoms with E-state index in [-0.39, 0.29) is 11.9 Å². The van der Waals surface area contributed by atoms with E-state index in [2.05, 4.69) is 12.2 Å². The highest BCUT2D eigenvalue weighted by molar-refractivity contribution is 5.36. The van der Waals surface area contributed by atoms with Gasteiger partial charge in [-0.3, -0.25) is 0 Å². The van der Waals surface area contributed by atoms with Gasteiger partial charge in [0, 0.05) is 11.6 Å². The van der Waals surface area contributed by atoms with E-state index in [4.69, 9.17) is 4.74 Å². The van der Waals surface area contributed by atoms with E-state index in [9.17, 15) is 4.39 Å². The Morgan fingerprint density at radius 1 is 1.42 bits per heavy atom. The fourth-order valence-corrected chi connectivity index (χ4v) is 3.07. The third kappa shape index (κ3) is 3.27. The van der Waals surface area contributed by atoms with Crippen LogP contribution in [0, 0.1) is 17.7 Å². The first-order valence-corrected chi connectivity index (χ1v) is 7.19. The van der Waals surface area contributed by atoms with E-state index in [0.717, 1.165) is 18.4 Å². The fraction of sp³-hybridized carbons (Fsp3) is 0.625. The Kier molecular flexibility index (Phi) is 4.81. The molecule has 106 valence electrons. The molecule has 0 radical (unpaired) electrons. The molecule has 1 fully saturated rings. The largest absolute Gasteiger partial charge is 0.496 e. The molecule has 0 aliphatic heterocycles. The maximum Gasteiger partial charge on any atom is 0.131 e. The standard InChI is InChI=1S/C16H24FNO/c1-11-6-4-7-13(11)10-18-12(2)16-14(17)8-5-9-15(16)19-3/h5,8-9,11-13,18H,4,6-7,10H2,1-3H3. The molecule has 0 aromatic heterocycles. The van der Waals surface area contributed by atoms with E-state index in [1.54, 1.807) is 13.2 Å². The topological polar surface area (TPSA) is 21.3 Å². The zero-order valence-corrected chi connectivity index (χ0v) is 12.1. The highest BCUT2D eigenvalue weighted by Gasteiger charge is 2.24. The molecule has 0 bridgehead atoms. The Balaban J connectivity index is 2.01. The number of halogens is 1. The Hall–Kier alpha value is -1.09. The van der Waals surface area contributed by atoms with Crippen LogP contribution < -0.4 is 10.1 Å². The molecule has 0 saturated heterocycles. The summed E-state index contributed by atoms with van der Waals surface area (Å²) in [6.07, 6.45) is 3.93. The van der Waals surface area contributed by atoms with Crippen LogP contribution in [0.2, 0.25) is 0 Å². The van der Waals surface area contributed by atoms with Gasteiger partial charge in [-0.05, 0) is 43.9 Å². The molecule has 1 aromatic carbocycles. The summed E-state index contributed by atoms with van der Waals surface area (Å²) in [6, 6.07) is 4.97. The fourth-order valence-electron chi connectivity index (χ4n) is 3.07. The second-order valence-electron chi connectivity index (χ2n) is 5.65. The van der Waals surface area contributed by atoms with Crippen LogP contribution in [-0.4, -0.2) is 13.7 Å². The van der Waals surface area contributed by atoms with Gasteiger partial charge >= 0.3 is 0 Å². The predicted octanol–water partition coefficient (Wildman–Crippen LogP) is 3.92. The molecular formula is C16H24FNO. The van der Waals surface area contributed by atoms with Crippen molar-refractivity contribution in [1.82, 2.24) is 5.32 Å². The van der Waals surface area contributed by atoms with Crippen molar-refractivity contribution in [3.63, 3.8) is 0 Å². The molecule has 3 unspecified atom stereocenters. The molecule has 1 aliphatic carbocycles. The molecule has 0 heterocycles. The van der Waals surface area contributed by atoms with Crippen molar-refractivity contribution < 1.29 is 9.13 Å². The minimum absolute atomic E-state index is 0.0241. The van der Waals surface area contributed by atoms with Crippen molar-refractivity contribution in [3.05, 3.63) is 29.6 Å². The molecule has 0 spiro atoms. The summed E-state index contributed by atoms with van der Waals surface area (Å²) in [5.74, 6) is 1.93. The van der Waals surface area contributed by atoms with Gasteiger partial charge < -0.3 is 10.1 Å². The van der Waals surface area contributed by atoms with Crippen LogP contribution >= 0.6 is 0 Å². The van der Waals surface area contributed by atoms with Crippen LogP contribution in [0.3, 0.4) is 0 Å². The number of ether oxygens (including phenoxy) is 1. The average molecular weight is 265 g/mol. The summed E-state index contributed by atoms with van der Waals surface area (Å²) in [7, 11) is 1.59. The van der Waals surface area contributed by atoms with Crippen molar-refractivity contribution >= 4 is 0 Å². The molecule has 3 atom stereocenters. The zero-order valence-electron chi connectivity index (χ0n) is 12.1. The monoisotopic (exact) mass is 265 g/mol. The van der Waals surface area contributed by atoms with Gasteiger partial charge in [-0.1, -0.05) is 25.8 Å². The molecular weight excluding hydrogens is 241 g/mol. The minimum atomic E-state index is -0.196. The SMILES string of the molecule is COc1cccc(F)c1C(C)NCC1CCCC1C. The Bertz CT molecular complexity index is 421. The first-order valence-electron chi connectivity index (χ1n) is 7.19. The van der Waals surface area contributed by atoms with Crippen LogP contribution in [0.4, 0.5) is 4.39 Å². The Morgan fingerprint density at radius 3 is 2.84 bits per heavy atom. The van der Waals surface area contributed by atoms with Crippen LogP contribution in [0.25, 0.3) is 0 Å². The van der Waals surface area contributed by atoms with Crippen LogP contribution in [0.5, 0.6) is 5.75 Å². The summed E-state index contributed by atoms with van der Waals surface area (Å²) < 4.78 is 19.2. The van der Waals surface area contributed by atoms with Crippen LogP contribution in [-0.2, 0) is 0 Å². The van der Waals surface area contributed by atoms with E-state index in [1.807, 2.05) is 13.0 Å². The number of nitrogens with one attached hydrogen (secondary N) is 1. The first kappa shape index (κ1) is 14.3. The van der Waals surface area contributed by atoms with Gasteiger partial charge in [-0.25, -0.2) is 4.39 Å². The van der Waals surface area contributed by atoms with Crippen molar-refractivity contribution in [2.75, 3.05) is 13.7 Å². The molecule has 0 amide bonds. The average Bonchev–Trinajstić information content (AvgIpc) is 2.81. The maximum absolute atomic E-state index is 13.9. The zero-order chi connectivity index (χ0) is 13.8. The van der Waals surface area contributed by atoms with E-state index >= 15 is 0 Å². The van der Waals surface area contributed by atoms with E-state index in [1.165, 1.54) is 25.3 Å². The van der Waals surface area contributed by atoms with Crippen molar-refractivity contribution in [2.45, 2.75) is 39.2 Å². The highest BCUT2D eigenvalue weighted by atomic mass is 19.1. The lowest BCUT2D eigenvalue weighted by molar-refractivity contribution is 0.360. The van der Waals surface area contributed by atoms with Crippen molar-refractivity contribution in [1.29, 1.82) is 0 Å². The van der Waals surface area contributed by atoms with E-state index in [0.29, 0.717) is 11.3 Å². The molecule has 19 heavy (non-hydrogen) atoms. The molecule has 3 heteroatoms. The van der Waals surface area contributed by atoms with Gasteiger partial charge in [0.1, 0.15) is 11.6 Å². The molecule has 1 N–H and O–H groups in total. The number of benzene rings is 1. The summed E-state index contributed by atoms with van der Waals surface area (Å²) in [4.78, 5) is 0.